The average molecular weight is 267 g/mol. The van der Waals surface area contributed by atoms with Crippen LogP contribution in [-0.4, -0.2) is 15.2 Å². The molecule has 0 N–H and O–H groups in total. The number of hydrogen-bond acceptors (Lipinski definition) is 4. The van der Waals surface area contributed by atoms with Crippen LogP contribution in [0, 0.1) is 5.82 Å². The van der Waals surface area contributed by atoms with Crippen molar-refractivity contribution in [1.82, 2.24) is 0 Å². The maximum Gasteiger partial charge on any atom is 0.236 e. The summed E-state index contributed by atoms with van der Waals surface area (Å²) in [6.45, 7) is 0.195. The summed E-state index contributed by atoms with van der Waals surface area (Å²) in [6, 6.07) is 2.60. The highest BCUT2D eigenvalue weighted by Crippen LogP contribution is 2.30. The Morgan fingerprint density at radius 3 is 2.88 bits per heavy atom. The van der Waals surface area contributed by atoms with Crippen LogP contribution in [0.5, 0.6) is 5.75 Å². The number of fused-ring (bicyclic) bond motifs is 1. The lowest BCUT2D eigenvalue weighted by Gasteiger charge is -2.20. The van der Waals surface area contributed by atoms with Crippen LogP contribution in [0.2, 0.25) is 0 Å². The molecule has 0 saturated carbocycles. The third kappa shape index (κ3) is 2.45. The van der Waals surface area contributed by atoms with E-state index in [0.717, 1.165) is 6.07 Å². The number of ether oxygens (including phenoxy) is 2. The highest BCUT2D eigenvalue weighted by atomic mass is 35.7. The van der Waals surface area contributed by atoms with Gasteiger partial charge in [0.05, 0.1) is 12.4 Å². The summed E-state index contributed by atoms with van der Waals surface area (Å²) in [5, 5.41) is 0. The number of halogens is 2. The molecule has 7 heteroatoms. The second-order valence-corrected chi connectivity index (χ2v) is 6.07. The summed E-state index contributed by atoms with van der Waals surface area (Å²) in [7, 11) is 1.29. The van der Waals surface area contributed by atoms with E-state index in [2.05, 4.69) is 0 Å². The second kappa shape index (κ2) is 4.20. The van der Waals surface area contributed by atoms with E-state index in [0.29, 0.717) is 11.3 Å². The minimum atomic E-state index is -3.81. The maximum absolute atomic E-state index is 13.5. The molecule has 0 unspecified atom stereocenters. The van der Waals surface area contributed by atoms with E-state index >= 15 is 0 Å². The van der Waals surface area contributed by atoms with Crippen molar-refractivity contribution in [3.8, 4) is 5.75 Å². The van der Waals surface area contributed by atoms with E-state index in [1.165, 1.54) is 6.07 Å². The molecule has 1 aromatic rings. The standard InChI is InChI=1S/C9H8ClFO4S/c10-16(12,13)4-7-6-3-14-5-15-9(6)2-1-8(7)11/h1-2H,3-5H2. The van der Waals surface area contributed by atoms with E-state index in [1.54, 1.807) is 0 Å². The Morgan fingerprint density at radius 2 is 2.19 bits per heavy atom. The molecule has 0 bridgehead atoms. The van der Waals surface area contributed by atoms with Gasteiger partial charge in [-0.05, 0) is 12.1 Å². The predicted octanol–water partition coefficient (Wildman–Crippen LogP) is 1.76. The number of benzene rings is 1. The molecule has 88 valence electrons. The normalized spacial score (nSPS) is 15.4. The van der Waals surface area contributed by atoms with Gasteiger partial charge in [-0.3, -0.25) is 0 Å². The zero-order valence-corrected chi connectivity index (χ0v) is 9.65. The molecular weight excluding hydrogens is 259 g/mol. The Hall–Kier alpha value is -0.850. The molecule has 0 saturated heterocycles. The second-order valence-electron chi connectivity index (χ2n) is 3.30. The fraction of sp³-hybridized carbons (Fsp3) is 0.333. The van der Waals surface area contributed by atoms with Crippen molar-refractivity contribution in [2.75, 3.05) is 6.79 Å². The SMILES string of the molecule is O=S(=O)(Cl)Cc1c(F)ccc2c1COCO2. The van der Waals surface area contributed by atoms with Gasteiger partial charge in [0.1, 0.15) is 11.6 Å². The third-order valence-corrected chi connectivity index (χ3v) is 3.15. The van der Waals surface area contributed by atoms with Crippen LogP contribution in [-0.2, 0) is 26.1 Å². The average Bonchev–Trinajstić information content (AvgIpc) is 2.21. The first-order valence-electron chi connectivity index (χ1n) is 4.40. The van der Waals surface area contributed by atoms with Gasteiger partial charge < -0.3 is 9.47 Å². The van der Waals surface area contributed by atoms with Gasteiger partial charge in [0, 0.05) is 21.8 Å². The molecule has 16 heavy (non-hydrogen) atoms. The molecule has 1 aliphatic rings. The minimum Gasteiger partial charge on any atom is -0.467 e. The molecule has 0 radical (unpaired) electrons. The van der Waals surface area contributed by atoms with E-state index in [1.807, 2.05) is 0 Å². The van der Waals surface area contributed by atoms with E-state index < -0.39 is 20.6 Å². The fourth-order valence-electron chi connectivity index (χ4n) is 1.51. The van der Waals surface area contributed by atoms with Gasteiger partial charge in [-0.2, -0.15) is 0 Å². The monoisotopic (exact) mass is 266 g/mol. The molecule has 0 aromatic heterocycles. The van der Waals surface area contributed by atoms with Gasteiger partial charge in [-0.25, -0.2) is 12.8 Å². The van der Waals surface area contributed by atoms with E-state index in [9.17, 15) is 12.8 Å². The zero-order chi connectivity index (χ0) is 11.8. The van der Waals surface area contributed by atoms with Gasteiger partial charge in [0.2, 0.25) is 9.05 Å². The van der Waals surface area contributed by atoms with Crippen molar-refractivity contribution in [2.24, 2.45) is 0 Å². The molecule has 4 nitrogen and oxygen atoms in total. The number of rotatable bonds is 2. The summed E-state index contributed by atoms with van der Waals surface area (Å²) in [4.78, 5) is 0. The highest BCUT2D eigenvalue weighted by Gasteiger charge is 2.21. The first-order valence-corrected chi connectivity index (χ1v) is 6.88. The zero-order valence-electron chi connectivity index (χ0n) is 8.07. The Balaban J connectivity index is 2.50. The fourth-order valence-corrected chi connectivity index (χ4v) is 2.50. The van der Waals surface area contributed by atoms with E-state index in [4.69, 9.17) is 20.2 Å². The number of hydrogen-bond donors (Lipinski definition) is 0. The van der Waals surface area contributed by atoms with Crippen molar-refractivity contribution >= 4 is 19.7 Å². The molecular formula is C9H8ClFO4S. The van der Waals surface area contributed by atoms with Crippen molar-refractivity contribution < 1.29 is 22.3 Å². The maximum atomic E-state index is 13.5. The minimum absolute atomic E-state index is 0.00667. The quantitative estimate of drug-likeness (QED) is 0.766. The summed E-state index contributed by atoms with van der Waals surface area (Å²) >= 11 is 0. The highest BCUT2D eigenvalue weighted by molar-refractivity contribution is 8.13. The summed E-state index contributed by atoms with van der Waals surface area (Å²) in [5.74, 6) is -0.768. The molecule has 1 aromatic carbocycles. The molecule has 0 atom stereocenters. The van der Waals surface area contributed by atoms with Gasteiger partial charge in [0.25, 0.3) is 0 Å². The first-order chi connectivity index (χ1) is 7.47. The summed E-state index contributed by atoms with van der Waals surface area (Å²) < 4.78 is 45.5. The van der Waals surface area contributed by atoms with Gasteiger partial charge in [-0.1, -0.05) is 0 Å². The van der Waals surface area contributed by atoms with Crippen LogP contribution >= 0.6 is 10.7 Å². The van der Waals surface area contributed by atoms with Gasteiger partial charge in [-0.15, -0.1) is 0 Å². The Kier molecular flexibility index (Phi) is 3.05. The molecule has 0 aliphatic carbocycles. The first kappa shape index (κ1) is 11.6. The molecule has 1 aliphatic heterocycles. The van der Waals surface area contributed by atoms with Gasteiger partial charge >= 0.3 is 0 Å². The Labute approximate surface area is 96.3 Å². The Bertz CT molecular complexity index is 514. The topological polar surface area (TPSA) is 52.6 Å². The predicted molar refractivity (Wildman–Crippen MR) is 55.2 cm³/mol. The lowest BCUT2D eigenvalue weighted by atomic mass is 10.1. The van der Waals surface area contributed by atoms with Crippen molar-refractivity contribution in [2.45, 2.75) is 12.4 Å². The van der Waals surface area contributed by atoms with Crippen LogP contribution in [0.1, 0.15) is 11.1 Å². The van der Waals surface area contributed by atoms with Crippen LogP contribution in [0.3, 0.4) is 0 Å². The van der Waals surface area contributed by atoms with Crippen LogP contribution in [0.4, 0.5) is 4.39 Å². The van der Waals surface area contributed by atoms with Crippen LogP contribution in [0.15, 0.2) is 12.1 Å². The smallest absolute Gasteiger partial charge is 0.236 e. The van der Waals surface area contributed by atoms with Crippen LogP contribution in [0.25, 0.3) is 0 Å². The van der Waals surface area contributed by atoms with Crippen LogP contribution < -0.4 is 4.74 Å². The lowest BCUT2D eigenvalue weighted by Crippen LogP contribution is -2.15. The molecule has 0 spiro atoms. The van der Waals surface area contributed by atoms with Gasteiger partial charge in [0.15, 0.2) is 6.79 Å². The lowest BCUT2D eigenvalue weighted by molar-refractivity contribution is -0.0169. The summed E-state index contributed by atoms with van der Waals surface area (Å²) in [6.07, 6.45) is 0. The third-order valence-electron chi connectivity index (χ3n) is 2.19. The summed E-state index contributed by atoms with van der Waals surface area (Å²) in [5.41, 5.74) is 0.405. The van der Waals surface area contributed by atoms with Crippen molar-refractivity contribution in [3.05, 3.63) is 29.1 Å². The van der Waals surface area contributed by atoms with Crippen molar-refractivity contribution in [1.29, 1.82) is 0 Å². The molecule has 0 amide bonds. The molecule has 1 heterocycles. The molecule has 2 rings (SSSR count). The largest absolute Gasteiger partial charge is 0.467 e. The van der Waals surface area contributed by atoms with E-state index in [-0.39, 0.29) is 19.0 Å². The Morgan fingerprint density at radius 1 is 1.44 bits per heavy atom. The van der Waals surface area contributed by atoms with Crippen molar-refractivity contribution in [3.63, 3.8) is 0 Å². The molecule has 0 fully saturated rings.